The van der Waals surface area contributed by atoms with Crippen LogP contribution in [0.15, 0.2) is 0 Å². The molecule has 0 unspecified atom stereocenters. The van der Waals surface area contributed by atoms with Gasteiger partial charge in [0.2, 0.25) is 0 Å². The number of rotatable bonds is 5. The van der Waals surface area contributed by atoms with Crippen molar-refractivity contribution in [1.29, 1.82) is 0 Å². The Morgan fingerprint density at radius 1 is 1.11 bits per heavy atom. The molecule has 0 aliphatic heterocycles. The quantitative estimate of drug-likeness (QED) is 0.774. The van der Waals surface area contributed by atoms with E-state index in [0.29, 0.717) is 18.4 Å². The lowest BCUT2D eigenvalue weighted by atomic mass is 9.64. The first-order valence-electron chi connectivity index (χ1n) is 6.53. The number of halogens is 3. The van der Waals surface area contributed by atoms with Crippen molar-refractivity contribution in [2.75, 3.05) is 19.8 Å². The zero-order valence-corrected chi connectivity index (χ0v) is 11.3. The molecule has 0 spiro atoms. The Balaban J connectivity index is 2.34. The SMILES string of the molecule is CC1(C)CCC(CN)(CCOCC(F)(F)F)CC1. The number of nitrogens with two attached hydrogens (primary N) is 1. The van der Waals surface area contributed by atoms with E-state index >= 15 is 0 Å². The van der Waals surface area contributed by atoms with Gasteiger partial charge < -0.3 is 10.5 Å². The van der Waals surface area contributed by atoms with E-state index in [1.165, 1.54) is 0 Å². The molecule has 2 N–H and O–H groups in total. The smallest absolute Gasteiger partial charge is 0.372 e. The molecular formula is C13H24F3NO. The molecule has 1 aliphatic carbocycles. The third-order valence-electron chi connectivity index (χ3n) is 4.14. The second-order valence-corrected chi connectivity index (χ2v) is 6.29. The molecule has 0 atom stereocenters. The zero-order chi connectivity index (χ0) is 13.9. The van der Waals surface area contributed by atoms with Crippen LogP contribution in [0.5, 0.6) is 0 Å². The first kappa shape index (κ1) is 15.8. The minimum absolute atomic E-state index is 0.0128. The van der Waals surface area contributed by atoms with Gasteiger partial charge in [0, 0.05) is 6.61 Å². The maximum Gasteiger partial charge on any atom is 0.411 e. The van der Waals surface area contributed by atoms with Crippen LogP contribution < -0.4 is 5.73 Å². The average Bonchev–Trinajstić information content (AvgIpc) is 2.26. The van der Waals surface area contributed by atoms with Crippen LogP contribution in [0.2, 0.25) is 0 Å². The third-order valence-corrected chi connectivity index (χ3v) is 4.14. The van der Waals surface area contributed by atoms with Crippen LogP contribution in [-0.2, 0) is 4.74 Å². The molecule has 0 saturated heterocycles. The van der Waals surface area contributed by atoms with Crippen molar-refractivity contribution >= 4 is 0 Å². The summed E-state index contributed by atoms with van der Waals surface area (Å²) >= 11 is 0. The normalized spacial score (nSPS) is 23.0. The van der Waals surface area contributed by atoms with E-state index < -0.39 is 12.8 Å². The largest absolute Gasteiger partial charge is 0.411 e. The summed E-state index contributed by atoms with van der Waals surface area (Å²) in [6.07, 6.45) is 0.560. The molecule has 2 nitrogen and oxygen atoms in total. The van der Waals surface area contributed by atoms with E-state index in [1.807, 2.05) is 0 Å². The van der Waals surface area contributed by atoms with E-state index in [-0.39, 0.29) is 12.0 Å². The molecule has 1 aliphatic rings. The van der Waals surface area contributed by atoms with Gasteiger partial charge in [-0.3, -0.25) is 0 Å². The van der Waals surface area contributed by atoms with E-state index in [9.17, 15) is 13.2 Å². The Hall–Kier alpha value is -0.290. The lowest BCUT2D eigenvalue weighted by Gasteiger charge is -2.43. The predicted molar refractivity (Wildman–Crippen MR) is 65.2 cm³/mol. The third kappa shape index (κ3) is 5.14. The minimum atomic E-state index is -4.23. The second-order valence-electron chi connectivity index (χ2n) is 6.29. The van der Waals surface area contributed by atoms with E-state index in [4.69, 9.17) is 10.5 Å². The second kappa shape index (κ2) is 5.78. The summed E-state index contributed by atoms with van der Waals surface area (Å²) in [5.41, 5.74) is 6.14. The highest BCUT2D eigenvalue weighted by molar-refractivity contribution is 4.89. The van der Waals surface area contributed by atoms with Gasteiger partial charge in [0.1, 0.15) is 6.61 Å². The molecule has 1 rings (SSSR count). The summed E-state index contributed by atoms with van der Waals surface area (Å²) in [4.78, 5) is 0. The lowest BCUT2D eigenvalue weighted by Crippen LogP contribution is -2.38. The Labute approximate surface area is 107 Å². The van der Waals surface area contributed by atoms with E-state index in [0.717, 1.165) is 25.7 Å². The maximum absolute atomic E-state index is 12.0. The Bertz CT molecular complexity index is 253. The zero-order valence-electron chi connectivity index (χ0n) is 11.3. The van der Waals surface area contributed by atoms with Gasteiger partial charge in [0.25, 0.3) is 0 Å². The monoisotopic (exact) mass is 267 g/mol. The molecular weight excluding hydrogens is 243 g/mol. The van der Waals surface area contributed by atoms with Gasteiger partial charge in [-0.25, -0.2) is 0 Å². The Morgan fingerprint density at radius 3 is 2.11 bits per heavy atom. The fourth-order valence-corrected chi connectivity index (χ4v) is 2.49. The van der Waals surface area contributed by atoms with Gasteiger partial charge >= 0.3 is 6.18 Å². The van der Waals surface area contributed by atoms with Crippen molar-refractivity contribution in [3.8, 4) is 0 Å². The van der Waals surface area contributed by atoms with Crippen molar-refractivity contribution in [3.63, 3.8) is 0 Å². The first-order valence-corrected chi connectivity index (χ1v) is 6.53. The lowest BCUT2D eigenvalue weighted by molar-refractivity contribution is -0.175. The van der Waals surface area contributed by atoms with Crippen LogP contribution in [0.3, 0.4) is 0 Å². The van der Waals surface area contributed by atoms with Gasteiger partial charge in [-0.2, -0.15) is 13.2 Å². The number of ether oxygens (including phenoxy) is 1. The number of alkyl halides is 3. The standard InChI is InChI=1S/C13H24F3NO/c1-11(2)3-5-12(9-17,6-4-11)7-8-18-10-13(14,15)16/h3-10,17H2,1-2H3. The van der Waals surface area contributed by atoms with E-state index in [2.05, 4.69) is 13.8 Å². The molecule has 0 amide bonds. The van der Waals surface area contributed by atoms with Crippen LogP contribution in [0.25, 0.3) is 0 Å². The highest BCUT2D eigenvalue weighted by atomic mass is 19.4. The molecule has 0 heterocycles. The Kier molecular flexibility index (Phi) is 5.06. The Morgan fingerprint density at radius 2 is 1.67 bits per heavy atom. The van der Waals surface area contributed by atoms with Gasteiger partial charge in [0.15, 0.2) is 0 Å². The van der Waals surface area contributed by atoms with Crippen molar-refractivity contribution < 1.29 is 17.9 Å². The summed E-state index contributed by atoms with van der Waals surface area (Å²) in [6.45, 7) is 4.00. The minimum Gasteiger partial charge on any atom is -0.372 e. The average molecular weight is 267 g/mol. The molecule has 5 heteroatoms. The molecule has 18 heavy (non-hydrogen) atoms. The van der Waals surface area contributed by atoms with Gasteiger partial charge in [-0.15, -0.1) is 0 Å². The molecule has 0 radical (unpaired) electrons. The summed E-state index contributed by atoms with van der Waals surface area (Å²) in [6, 6.07) is 0. The van der Waals surface area contributed by atoms with Crippen molar-refractivity contribution in [1.82, 2.24) is 0 Å². The predicted octanol–water partition coefficient (Wildman–Crippen LogP) is 3.50. The topological polar surface area (TPSA) is 35.2 Å². The summed E-state index contributed by atoms with van der Waals surface area (Å²) < 4.78 is 40.6. The van der Waals surface area contributed by atoms with Crippen molar-refractivity contribution in [2.45, 2.75) is 52.1 Å². The summed E-state index contributed by atoms with van der Waals surface area (Å²) in [5, 5.41) is 0. The molecule has 108 valence electrons. The fraction of sp³-hybridized carbons (Fsp3) is 1.00. The molecule has 0 aromatic rings. The van der Waals surface area contributed by atoms with Gasteiger partial charge in [-0.1, -0.05) is 13.8 Å². The van der Waals surface area contributed by atoms with Gasteiger partial charge in [-0.05, 0) is 49.5 Å². The van der Waals surface area contributed by atoms with Crippen molar-refractivity contribution in [3.05, 3.63) is 0 Å². The van der Waals surface area contributed by atoms with Crippen LogP contribution in [0.1, 0.15) is 46.0 Å². The summed E-state index contributed by atoms with van der Waals surface area (Å²) in [5.74, 6) is 0. The van der Waals surface area contributed by atoms with Crippen molar-refractivity contribution in [2.24, 2.45) is 16.6 Å². The molecule has 1 fully saturated rings. The van der Waals surface area contributed by atoms with E-state index in [1.54, 1.807) is 0 Å². The molecule has 1 saturated carbocycles. The van der Waals surface area contributed by atoms with Gasteiger partial charge in [0.05, 0.1) is 0 Å². The number of hydrogen-bond donors (Lipinski definition) is 1. The highest BCUT2D eigenvalue weighted by Crippen LogP contribution is 2.46. The molecule has 0 aromatic carbocycles. The highest BCUT2D eigenvalue weighted by Gasteiger charge is 2.37. The van der Waals surface area contributed by atoms with Crippen LogP contribution in [0.4, 0.5) is 13.2 Å². The summed E-state index contributed by atoms with van der Waals surface area (Å²) in [7, 11) is 0. The van der Waals surface area contributed by atoms with Crippen LogP contribution in [0, 0.1) is 10.8 Å². The van der Waals surface area contributed by atoms with Crippen LogP contribution >= 0.6 is 0 Å². The number of hydrogen-bond acceptors (Lipinski definition) is 2. The molecule has 0 aromatic heterocycles. The first-order chi connectivity index (χ1) is 8.18. The molecule has 0 bridgehead atoms. The van der Waals surface area contributed by atoms with Crippen LogP contribution in [-0.4, -0.2) is 25.9 Å². The maximum atomic E-state index is 12.0. The fourth-order valence-electron chi connectivity index (χ4n) is 2.49.